The molecule has 1 amide bonds. The highest BCUT2D eigenvalue weighted by molar-refractivity contribution is 5.82. The number of benzene rings is 1. The van der Waals surface area contributed by atoms with Crippen molar-refractivity contribution in [3.8, 4) is 0 Å². The number of nitrogens with one attached hydrogen (secondary N) is 1. The van der Waals surface area contributed by atoms with E-state index in [-0.39, 0.29) is 12.1 Å². The van der Waals surface area contributed by atoms with E-state index < -0.39 is 5.60 Å². The third-order valence-corrected chi connectivity index (χ3v) is 4.86. The second kappa shape index (κ2) is 8.35. The van der Waals surface area contributed by atoms with Crippen molar-refractivity contribution in [1.29, 1.82) is 0 Å². The lowest BCUT2D eigenvalue weighted by Gasteiger charge is -2.34. The average Bonchev–Trinajstić information content (AvgIpc) is 2.96. The van der Waals surface area contributed by atoms with Crippen LogP contribution in [0.1, 0.15) is 47.5 Å². The fraction of sp³-hybridized carbons (Fsp3) is 0.545. The molecule has 0 saturated carbocycles. The number of amides is 1. The van der Waals surface area contributed by atoms with Gasteiger partial charge in [0.15, 0.2) is 0 Å². The van der Waals surface area contributed by atoms with E-state index in [9.17, 15) is 4.79 Å². The second-order valence-electron chi connectivity index (χ2n) is 8.98. The number of rotatable bonds is 4. The van der Waals surface area contributed by atoms with Gasteiger partial charge >= 0.3 is 6.09 Å². The van der Waals surface area contributed by atoms with E-state index >= 15 is 0 Å². The van der Waals surface area contributed by atoms with Gasteiger partial charge in [-0.2, -0.15) is 0 Å². The van der Waals surface area contributed by atoms with Gasteiger partial charge in [-0.25, -0.2) is 9.78 Å². The molecule has 158 valence electrons. The number of nitrogens with two attached hydrogens (primary N) is 1. The van der Waals surface area contributed by atoms with Gasteiger partial charge < -0.3 is 25.3 Å². The number of nitrogens with zero attached hydrogens (tertiary/aromatic N) is 3. The van der Waals surface area contributed by atoms with Crippen LogP contribution in [0.5, 0.6) is 0 Å². The number of imidazole rings is 1. The number of piperidine rings is 1. The molecule has 1 saturated heterocycles. The van der Waals surface area contributed by atoms with Gasteiger partial charge in [0.05, 0.1) is 11.0 Å². The van der Waals surface area contributed by atoms with Crippen LogP contribution in [-0.4, -0.2) is 40.4 Å². The van der Waals surface area contributed by atoms with E-state index in [4.69, 9.17) is 15.5 Å². The van der Waals surface area contributed by atoms with Gasteiger partial charge in [-0.1, -0.05) is 11.6 Å². The summed E-state index contributed by atoms with van der Waals surface area (Å²) in [6.07, 6.45) is 3.73. The van der Waals surface area contributed by atoms with Crippen molar-refractivity contribution < 1.29 is 9.53 Å². The number of carbonyl (C=O) groups is 1. The Hall–Kier alpha value is -2.70. The Bertz CT molecular complexity index is 906. The van der Waals surface area contributed by atoms with Crippen LogP contribution < -0.4 is 16.0 Å². The predicted octanol–water partition coefficient (Wildman–Crippen LogP) is 4.08. The van der Waals surface area contributed by atoms with E-state index in [1.807, 2.05) is 39.0 Å². The molecule has 0 bridgehead atoms. The minimum Gasteiger partial charge on any atom is -0.444 e. The molecule has 2 aromatic rings. The lowest BCUT2D eigenvalue weighted by atomic mass is 10.1. The summed E-state index contributed by atoms with van der Waals surface area (Å²) < 4.78 is 7.62. The molecule has 1 fully saturated rings. The lowest BCUT2D eigenvalue weighted by molar-refractivity contribution is 0.0500. The highest BCUT2D eigenvalue weighted by Crippen LogP contribution is 2.27. The number of aromatic nitrogens is 2. The lowest BCUT2D eigenvalue weighted by Crippen LogP contribution is -2.49. The predicted molar refractivity (Wildman–Crippen MR) is 118 cm³/mol. The fourth-order valence-electron chi connectivity index (χ4n) is 3.57. The summed E-state index contributed by atoms with van der Waals surface area (Å²) in [6.45, 7) is 12.1. The van der Waals surface area contributed by atoms with Crippen LogP contribution in [0.25, 0.3) is 11.0 Å². The van der Waals surface area contributed by atoms with Crippen molar-refractivity contribution in [3.63, 3.8) is 0 Å². The maximum atomic E-state index is 12.2. The minimum absolute atomic E-state index is 0.0281. The van der Waals surface area contributed by atoms with Crippen molar-refractivity contribution in [2.24, 2.45) is 0 Å². The standard InChI is InChI=1S/C22H33N5O2/c1-15(2)10-12-27-19-13-16(23)8-9-18(19)25-20(27)26-11-6-7-17(14-26)24-21(28)29-22(3,4)5/h8-10,13,17H,6-7,11-12,14,23H2,1-5H3,(H,24,28). The molecule has 1 aliphatic heterocycles. The Kier molecular flexibility index (Phi) is 6.05. The van der Waals surface area contributed by atoms with Crippen LogP contribution in [0.2, 0.25) is 0 Å². The molecule has 1 aromatic heterocycles. The summed E-state index contributed by atoms with van der Waals surface area (Å²) in [5, 5.41) is 3.02. The normalized spacial score (nSPS) is 17.3. The molecule has 29 heavy (non-hydrogen) atoms. The number of ether oxygens (including phenoxy) is 1. The van der Waals surface area contributed by atoms with Gasteiger partial charge in [-0.15, -0.1) is 0 Å². The molecule has 1 atom stereocenters. The zero-order valence-electron chi connectivity index (χ0n) is 18.2. The number of carbonyl (C=O) groups excluding carboxylic acids is 1. The molecular formula is C22H33N5O2. The molecule has 7 nitrogen and oxygen atoms in total. The summed E-state index contributed by atoms with van der Waals surface area (Å²) >= 11 is 0. The second-order valence-corrected chi connectivity index (χ2v) is 8.98. The molecule has 3 N–H and O–H groups in total. The van der Waals surface area contributed by atoms with Crippen molar-refractivity contribution in [2.45, 2.75) is 65.6 Å². The third-order valence-electron chi connectivity index (χ3n) is 4.86. The Balaban J connectivity index is 1.84. The number of nitrogen functional groups attached to an aromatic ring is 1. The van der Waals surface area contributed by atoms with Crippen LogP contribution in [0.4, 0.5) is 16.4 Å². The van der Waals surface area contributed by atoms with Gasteiger partial charge in [0.25, 0.3) is 0 Å². The van der Waals surface area contributed by atoms with Gasteiger partial charge in [-0.05, 0) is 65.7 Å². The van der Waals surface area contributed by atoms with Crippen LogP contribution in [0, 0.1) is 0 Å². The summed E-state index contributed by atoms with van der Waals surface area (Å²) in [5.41, 5.74) is 9.47. The summed E-state index contributed by atoms with van der Waals surface area (Å²) in [7, 11) is 0. The van der Waals surface area contributed by atoms with Gasteiger partial charge in [-0.3, -0.25) is 0 Å². The first-order chi connectivity index (χ1) is 13.6. The third kappa shape index (κ3) is 5.43. The van der Waals surface area contributed by atoms with E-state index in [1.165, 1.54) is 5.57 Å². The molecule has 0 spiro atoms. The Morgan fingerprint density at radius 2 is 2.14 bits per heavy atom. The summed E-state index contributed by atoms with van der Waals surface area (Å²) in [6, 6.07) is 5.85. The number of hydrogen-bond donors (Lipinski definition) is 2. The Labute approximate surface area is 172 Å². The first-order valence-electron chi connectivity index (χ1n) is 10.3. The quantitative estimate of drug-likeness (QED) is 0.598. The van der Waals surface area contributed by atoms with Crippen LogP contribution in [-0.2, 0) is 11.3 Å². The van der Waals surface area contributed by atoms with Crippen molar-refractivity contribution >= 4 is 28.8 Å². The minimum atomic E-state index is -0.503. The van der Waals surface area contributed by atoms with E-state index in [0.717, 1.165) is 48.6 Å². The largest absolute Gasteiger partial charge is 0.444 e. The Morgan fingerprint density at radius 1 is 1.38 bits per heavy atom. The van der Waals surface area contributed by atoms with Crippen LogP contribution in [0.3, 0.4) is 0 Å². The molecule has 1 unspecified atom stereocenters. The first kappa shape index (κ1) is 21.0. The molecule has 3 rings (SSSR count). The number of fused-ring (bicyclic) bond motifs is 1. The van der Waals surface area contributed by atoms with Crippen molar-refractivity contribution in [2.75, 3.05) is 23.7 Å². The molecule has 7 heteroatoms. The molecule has 2 heterocycles. The fourth-order valence-corrected chi connectivity index (χ4v) is 3.57. The van der Waals surface area contributed by atoms with E-state index in [2.05, 4.69) is 34.7 Å². The number of hydrogen-bond acceptors (Lipinski definition) is 5. The maximum Gasteiger partial charge on any atom is 0.407 e. The van der Waals surface area contributed by atoms with Crippen LogP contribution >= 0.6 is 0 Å². The smallest absolute Gasteiger partial charge is 0.407 e. The average molecular weight is 400 g/mol. The first-order valence-corrected chi connectivity index (χ1v) is 10.3. The highest BCUT2D eigenvalue weighted by Gasteiger charge is 2.27. The van der Waals surface area contributed by atoms with E-state index in [0.29, 0.717) is 6.54 Å². The topological polar surface area (TPSA) is 85.4 Å². The van der Waals surface area contributed by atoms with Crippen molar-refractivity contribution in [1.82, 2.24) is 14.9 Å². The van der Waals surface area contributed by atoms with Crippen molar-refractivity contribution in [3.05, 3.63) is 29.8 Å². The van der Waals surface area contributed by atoms with Gasteiger partial charge in [0.1, 0.15) is 5.60 Å². The van der Waals surface area contributed by atoms with Crippen LogP contribution in [0.15, 0.2) is 29.8 Å². The van der Waals surface area contributed by atoms with Gasteiger partial charge in [0, 0.05) is 31.4 Å². The maximum absolute atomic E-state index is 12.2. The summed E-state index contributed by atoms with van der Waals surface area (Å²) in [4.78, 5) is 19.3. The van der Waals surface area contributed by atoms with Gasteiger partial charge in [0.2, 0.25) is 5.95 Å². The number of allylic oxidation sites excluding steroid dienone is 2. The molecule has 0 radical (unpaired) electrons. The highest BCUT2D eigenvalue weighted by atomic mass is 16.6. The van der Waals surface area contributed by atoms with E-state index in [1.54, 1.807) is 0 Å². The molecule has 0 aliphatic carbocycles. The Morgan fingerprint density at radius 3 is 2.83 bits per heavy atom. The number of alkyl carbamates (subject to hydrolysis) is 1. The molecule has 1 aromatic carbocycles. The zero-order chi connectivity index (χ0) is 21.2. The zero-order valence-corrected chi connectivity index (χ0v) is 18.2. The monoisotopic (exact) mass is 399 g/mol. The summed E-state index contributed by atoms with van der Waals surface area (Å²) in [5.74, 6) is 0.916. The molecule has 1 aliphatic rings. The molecular weight excluding hydrogens is 366 g/mol. The number of anilines is 2. The SMILES string of the molecule is CC(C)=CCn1c(N2CCCC(NC(=O)OC(C)(C)C)C2)nc2ccc(N)cc21.